The van der Waals surface area contributed by atoms with E-state index in [1.54, 1.807) is 30.8 Å². The molecule has 0 saturated carbocycles. The van der Waals surface area contributed by atoms with Gasteiger partial charge in [-0.2, -0.15) is 5.10 Å². The van der Waals surface area contributed by atoms with Crippen molar-refractivity contribution >= 4 is 34.2 Å². The van der Waals surface area contributed by atoms with E-state index in [4.69, 9.17) is 0 Å². The van der Waals surface area contributed by atoms with Crippen molar-refractivity contribution < 1.29 is 14.7 Å². The molecule has 0 aromatic carbocycles. The summed E-state index contributed by atoms with van der Waals surface area (Å²) in [5.74, 6) is -1.28. The monoisotopic (exact) mass is 387 g/mol. The van der Waals surface area contributed by atoms with Gasteiger partial charge in [-0.15, -0.1) is 11.3 Å². The van der Waals surface area contributed by atoms with Crippen molar-refractivity contribution in [2.75, 3.05) is 0 Å². The third-order valence-corrected chi connectivity index (χ3v) is 5.48. The second-order valence-electron chi connectivity index (χ2n) is 6.70. The largest absolute Gasteiger partial charge is 0.477 e. The quantitative estimate of drug-likeness (QED) is 0.695. The lowest BCUT2D eigenvalue weighted by Crippen LogP contribution is -2.27. The number of pyridine rings is 1. The molecule has 142 valence electrons. The summed E-state index contributed by atoms with van der Waals surface area (Å²) in [6, 6.07) is 1.43. The molecule has 8 nitrogen and oxygen atoms in total. The molecule has 0 aliphatic carbocycles. The van der Waals surface area contributed by atoms with Gasteiger partial charge in [-0.05, 0) is 40.7 Å². The molecule has 0 radical (unpaired) electrons. The van der Waals surface area contributed by atoms with Crippen LogP contribution in [0.2, 0.25) is 0 Å². The Balaban J connectivity index is 1.92. The van der Waals surface area contributed by atoms with Crippen LogP contribution in [0.25, 0.3) is 11.0 Å². The van der Waals surface area contributed by atoms with E-state index in [2.05, 4.69) is 20.4 Å². The lowest BCUT2D eigenvalue weighted by molar-refractivity contribution is 0.0701. The standard InChI is InChI=1S/C18H21N5O3S/c1-8(2)23-15-13(7-19-23)12(6-9(3)20-15)16(24)21-11(5)17-22-10(4)14(27-17)18(25)26/h6-8,11H,1-5H3,(H,21,24)(H,25,26). The van der Waals surface area contributed by atoms with E-state index >= 15 is 0 Å². The third kappa shape index (κ3) is 3.55. The number of aromatic carboxylic acids is 1. The van der Waals surface area contributed by atoms with Crippen LogP contribution in [0, 0.1) is 13.8 Å². The van der Waals surface area contributed by atoms with Gasteiger partial charge in [0.2, 0.25) is 0 Å². The molecule has 3 aromatic heterocycles. The number of thiazole rings is 1. The molecule has 9 heteroatoms. The number of aryl methyl sites for hydroxylation is 2. The first kappa shape index (κ1) is 19.0. The highest BCUT2D eigenvalue weighted by molar-refractivity contribution is 7.13. The van der Waals surface area contributed by atoms with E-state index in [1.807, 2.05) is 20.8 Å². The van der Waals surface area contributed by atoms with E-state index in [9.17, 15) is 14.7 Å². The fraction of sp³-hybridized carbons (Fsp3) is 0.389. The number of carbonyl (C=O) groups excluding carboxylic acids is 1. The molecule has 0 saturated heterocycles. The minimum Gasteiger partial charge on any atom is -0.477 e. The molecule has 1 unspecified atom stereocenters. The van der Waals surface area contributed by atoms with Gasteiger partial charge < -0.3 is 10.4 Å². The lowest BCUT2D eigenvalue weighted by Gasteiger charge is -2.13. The Morgan fingerprint density at radius 3 is 2.52 bits per heavy atom. The second-order valence-corrected chi connectivity index (χ2v) is 7.73. The summed E-state index contributed by atoms with van der Waals surface area (Å²) in [5.41, 5.74) is 2.33. The maximum atomic E-state index is 12.9. The summed E-state index contributed by atoms with van der Waals surface area (Å²) in [6.07, 6.45) is 1.65. The fourth-order valence-corrected chi connectivity index (χ4v) is 3.75. The summed E-state index contributed by atoms with van der Waals surface area (Å²) < 4.78 is 1.78. The van der Waals surface area contributed by atoms with Crippen LogP contribution in [0.15, 0.2) is 12.3 Å². The average Bonchev–Trinajstić information content (AvgIpc) is 3.17. The zero-order valence-corrected chi connectivity index (χ0v) is 16.6. The first-order chi connectivity index (χ1) is 12.7. The van der Waals surface area contributed by atoms with Crippen LogP contribution in [0.5, 0.6) is 0 Å². The molecule has 0 spiro atoms. The lowest BCUT2D eigenvalue weighted by atomic mass is 10.1. The maximum absolute atomic E-state index is 12.9. The molecule has 3 aromatic rings. The minimum atomic E-state index is -1.01. The Bertz CT molecular complexity index is 1040. The van der Waals surface area contributed by atoms with E-state index < -0.39 is 12.0 Å². The van der Waals surface area contributed by atoms with E-state index in [-0.39, 0.29) is 16.8 Å². The van der Waals surface area contributed by atoms with Crippen LogP contribution in [0.1, 0.15) is 69.3 Å². The zero-order valence-electron chi connectivity index (χ0n) is 15.8. The zero-order chi connectivity index (χ0) is 19.9. The Kier molecular flexibility index (Phi) is 4.97. The average molecular weight is 387 g/mol. The van der Waals surface area contributed by atoms with Crippen molar-refractivity contribution in [2.45, 2.75) is 46.7 Å². The smallest absolute Gasteiger partial charge is 0.347 e. The van der Waals surface area contributed by atoms with Gasteiger partial charge in [-0.1, -0.05) is 0 Å². The number of nitrogens with zero attached hydrogens (tertiary/aromatic N) is 4. The summed E-state index contributed by atoms with van der Waals surface area (Å²) in [7, 11) is 0. The van der Waals surface area contributed by atoms with Gasteiger partial charge >= 0.3 is 5.97 Å². The molecule has 0 bridgehead atoms. The molecule has 3 heterocycles. The first-order valence-corrected chi connectivity index (χ1v) is 9.37. The number of rotatable bonds is 5. The van der Waals surface area contributed by atoms with Crippen LogP contribution in [-0.4, -0.2) is 36.7 Å². The summed E-state index contributed by atoms with van der Waals surface area (Å²) in [5, 5.41) is 17.7. The number of hydrogen-bond donors (Lipinski definition) is 2. The molecule has 0 aliphatic heterocycles. The highest BCUT2D eigenvalue weighted by Gasteiger charge is 2.22. The van der Waals surface area contributed by atoms with Crippen LogP contribution >= 0.6 is 11.3 Å². The number of nitrogens with one attached hydrogen (secondary N) is 1. The van der Waals surface area contributed by atoms with Crippen molar-refractivity contribution in [2.24, 2.45) is 0 Å². The number of hydrogen-bond acceptors (Lipinski definition) is 6. The van der Waals surface area contributed by atoms with Gasteiger partial charge in [0.1, 0.15) is 9.88 Å². The number of carbonyl (C=O) groups is 2. The van der Waals surface area contributed by atoms with Gasteiger partial charge in [-0.25, -0.2) is 19.4 Å². The molecule has 2 N–H and O–H groups in total. The summed E-state index contributed by atoms with van der Waals surface area (Å²) in [4.78, 5) is 33.1. The van der Waals surface area contributed by atoms with E-state index in [0.717, 1.165) is 17.0 Å². The number of amides is 1. The van der Waals surface area contributed by atoms with Crippen molar-refractivity contribution in [1.29, 1.82) is 0 Å². The molecule has 3 rings (SSSR count). The Labute approximate surface area is 160 Å². The molecule has 1 amide bonds. The molecule has 0 fully saturated rings. The predicted molar refractivity (Wildman–Crippen MR) is 102 cm³/mol. The molecule has 0 aliphatic rings. The van der Waals surface area contributed by atoms with Crippen LogP contribution < -0.4 is 5.32 Å². The minimum absolute atomic E-state index is 0.124. The van der Waals surface area contributed by atoms with Gasteiger partial charge in [0.15, 0.2) is 5.65 Å². The number of carboxylic acids is 1. The third-order valence-electron chi connectivity index (χ3n) is 4.15. The van der Waals surface area contributed by atoms with Gasteiger partial charge in [0.25, 0.3) is 5.91 Å². The number of fused-ring (bicyclic) bond motifs is 1. The summed E-state index contributed by atoms with van der Waals surface area (Å²) in [6.45, 7) is 9.27. The Hall–Kier alpha value is -2.81. The SMILES string of the molecule is Cc1cc(C(=O)NC(C)c2nc(C)c(C(=O)O)s2)c2cnn(C(C)C)c2n1. The number of carboxylic acid groups (broad SMARTS) is 1. The predicted octanol–water partition coefficient (Wildman–Crippen LogP) is 3.27. The molecular formula is C18H21N5O3S. The van der Waals surface area contributed by atoms with Crippen LogP contribution in [0.3, 0.4) is 0 Å². The van der Waals surface area contributed by atoms with Crippen molar-refractivity contribution in [3.05, 3.63) is 39.1 Å². The van der Waals surface area contributed by atoms with Gasteiger partial charge in [0.05, 0.1) is 28.9 Å². The van der Waals surface area contributed by atoms with Crippen molar-refractivity contribution in [1.82, 2.24) is 25.1 Å². The van der Waals surface area contributed by atoms with Crippen molar-refractivity contribution in [3.63, 3.8) is 0 Å². The molecular weight excluding hydrogens is 366 g/mol. The highest BCUT2D eigenvalue weighted by atomic mass is 32.1. The molecule has 27 heavy (non-hydrogen) atoms. The second kappa shape index (κ2) is 7.07. The molecule has 1 atom stereocenters. The summed E-state index contributed by atoms with van der Waals surface area (Å²) >= 11 is 1.07. The topological polar surface area (TPSA) is 110 Å². The number of aromatic nitrogens is 4. The van der Waals surface area contributed by atoms with Crippen LogP contribution in [-0.2, 0) is 0 Å². The van der Waals surface area contributed by atoms with E-state index in [1.165, 1.54) is 0 Å². The maximum Gasteiger partial charge on any atom is 0.347 e. The van der Waals surface area contributed by atoms with Gasteiger partial charge in [-0.3, -0.25) is 4.79 Å². The van der Waals surface area contributed by atoms with Crippen LogP contribution in [0.4, 0.5) is 0 Å². The fourth-order valence-electron chi connectivity index (χ4n) is 2.85. The normalized spacial score (nSPS) is 12.5. The highest BCUT2D eigenvalue weighted by Crippen LogP contribution is 2.25. The Morgan fingerprint density at radius 2 is 1.93 bits per heavy atom. The first-order valence-electron chi connectivity index (χ1n) is 8.55. The van der Waals surface area contributed by atoms with Gasteiger partial charge in [0, 0.05) is 11.7 Å². The van der Waals surface area contributed by atoms with E-state index in [0.29, 0.717) is 27.3 Å². The van der Waals surface area contributed by atoms with Crippen molar-refractivity contribution in [3.8, 4) is 0 Å². The Morgan fingerprint density at radius 1 is 1.22 bits per heavy atom.